The third-order valence-electron chi connectivity index (χ3n) is 3.01. The van der Waals surface area contributed by atoms with Crippen molar-refractivity contribution in [2.24, 2.45) is 0 Å². The van der Waals surface area contributed by atoms with Crippen molar-refractivity contribution < 1.29 is 14.3 Å². The molecule has 0 aliphatic heterocycles. The molecule has 2 rings (SSSR count). The van der Waals surface area contributed by atoms with Crippen molar-refractivity contribution in [3.05, 3.63) is 29.3 Å². The van der Waals surface area contributed by atoms with E-state index in [-0.39, 0.29) is 5.78 Å². The average molecular weight is 234 g/mol. The van der Waals surface area contributed by atoms with E-state index >= 15 is 0 Å². The van der Waals surface area contributed by atoms with Gasteiger partial charge in [-0.2, -0.15) is 0 Å². The van der Waals surface area contributed by atoms with Crippen LogP contribution in [0.25, 0.3) is 0 Å². The molecule has 17 heavy (non-hydrogen) atoms. The summed E-state index contributed by atoms with van der Waals surface area (Å²) in [4.78, 5) is 11.5. The second-order valence-corrected chi connectivity index (χ2v) is 4.29. The molecular weight excluding hydrogens is 216 g/mol. The molecule has 0 aromatic heterocycles. The number of benzene rings is 1. The second kappa shape index (κ2) is 5.82. The number of hydrogen-bond acceptors (Lipinski definition) is 3. The van der Waals surface area contributed by atoms with Crippen LogP contribution in [0.2, 0.25) is 0 Å². The molecule has 0 spiro atoms. The van der Waals surface area contributed by atoms with E-state index in [1.54, 1.807) is 7.11 Å². The molecule has 0 bridgehead atoms. The molecule has 0 amide bonds. The minimum absolute atomic E-state index is 0.256. The molecule has 92 valence electrons. The first-order valence-corrected chi connectivity index (χ1v) is 6.09. The van der Waals surface area contributed by atoms with Crippen LogP contribution in [0.3, 0.4) is 0 Å². The maximum absolute atomic E-state index is 11.5. The topological polar surface area (TPSA) is 35.5 Å². The SMILES string of the molecule is COCCCCOc1ccc2c(c1)CCC2=O. The van der Waals surface area contributed by atoms with Gasteiger partial charge in [0.2, 0.25) is 0 Å². The lowest BCUT2D eigenvalue weighted by molar-refractivity contribution is 0.0994. The Kier molecular flexibility index (Phi) is 4.15. The highest BCUT2D eigenvalue weighted by molar-refractivity contribution is 6.00. The van der Waals surface area contributed by atoms with Crippen LogP contribution in [0, 0.1) is 0 Å². The highest BCUT2D eigenvalue weighted by Crippen LogP contribution is 2.26. The molecule has 1 aromatic rings. The molecule has 3 heteroatoms. The predicted molar refractivity (Wildman–Crippen MR) is 65.7 cm³/mol. The van der Waals surface area contributed by atoms with Crippen molar-refractivity contribution in [1.29, 1.82) is 0 Å². The highest BCUT2D eigenvalue weighted by atomic mass is 16.5. The van der Waals surface area contributed by atoms with Crippen LogP contribution in [0.15, 0.2) is 18.2 Å². The van der Waals surface area contributed by atoms with Gasteiger partial charge in [-0.05, 0) is 43.0 Å². The lowest BCUT2D eigenvalue weighted by Gasteiger charge is -2.07. The number of hydrogen-bond donors (Lipinski definition) is 0. The Balaban J connectivity index is 1.84. The summed E-state index contributed by atoms with van der Waals surface area (Å²) < 4.78 is 10.6. The van der Waals surface area contributed by atoms with Gasteiger partial charge in [-0.25, -0.2) is 0 Å². The number of rotatable bonds is 6. The zero-order chi connectivity index (χ0) is 12.1. The summed E-state index contributed by atoms with van der Waals surface area (Å²) in [5.41, 5.74) is 2.00. The molecule has 0 saturated heterocycles. The molecule has 1 aromatic carbocycles. The summed E-state index contributed by atoms with van der Waals surface area (Å²) in [6, 6.07) is 5.77. The fourth-order valence-corrected chi connectivity index (χ4v) is 2.06. The molecule has 0 saturated carbocycles. The summed E-state index contributed by atoms with van der Waals surface area (Å²) in [6.07, 6.45) is 3.51. The smallest absolute Gasteiger partial charge is 0.163 e. The van der Waals surface area contributed by atoms with Crippen LogP contribution in [-0.4, -0.2) is 26.1 Å². The second-order valence-electron chi connectivity index (χ2n) is 4.29. The maximum Gasteiger partial charge on any atom is 0.163 e. The monoisotopic (exact) mass is 234 g/mol. The van der Waals surface area contributed by atoms with Gasteiger partial charge in [-0.1, -0.05) is 0 Å². The van der Waals surface area contributed by atoms with Crippen molar-refractivity contribution in [3.63, 3.8) is 0 Å². The van der Waals surface area contributed by atoms with Gasteiger partial charge >= 0.3 is 0 Å². The van der Waals surface area contributed by atoms with Gasteiger partial charge in [-0.3, -0.25) is 4.79 Å². The van der Waals surface area contributed by atoms with E-state index in [2.05, 4.69) is 0 Å². The van der Waals surface area contributed by atoms with Crippen LogP contribution >= 0.6 is 0 Å². The maximum atomic E-state index is 11.5. The number of ketones is 1. The fraction of sp³-hybridized carbons (Fsp3) is 0.500. The van der Waals surface area contributed by atoms with Crippen molar-refractivity contribution in [3.8, 4) is 5.75 Å². The first-order chi connectivity index (χ1) is 8.31. The van der Waals surface area contributed by atoms with Gasteiger partial charge < -0.3 is 9.47 Å². The largest absolute Gasteiger partial charge is 0.494 e. The summed E-state index contributed by atoms with van der Waals surface area (Å²) in [6.45, 7) is 1.48. The Hall–Kier alpha value is -1.35. The Labute approximate surface area is 102 Å². The number of Topliss-reactive ketones (excluding diaryl/α,β-unsaturated/α-hetero) is 1. The number of fused-ring (bicyclic) bond motifs is 1. The average Bonchev–Trinajstić information content (AvgIpc) is 2.71. The molecule has 0 atom stereocenters. The van der Waals surface area contributed by atoms with Crippen molar-refractivity contribution in [1.82, 2.24) is 0 Å². The Morgan fingerprint density at radius 3 is 2.82 bits per heavy atom. The van der Waals surface area contributed by atoms with Gasteiger partial charge in [-0.15, -0.1) is 0 Å². The molecule has 0 unspecified atom stereocenters. The van der Waals surface area contributed by atoms with E-state index in [9.17, 15) is 4.79 Å². The molecular formula is C14H18O3. The number of carbonyl (C=O) groups is 1. The molecule has 0 heterocycles. The summed E-state index contributed by atoms with van der Waals surface area (Å²) >= 11 is 0. The standard InChI is InChI=1S/C14H18O3/c1-16-8-2-3-9-17-12-5-6-13-11(10-12)4-7-14(13)15/h5-6,10H,2-4,7-9H2,1H3. The Bertz CT molecular complexity index is 398. The van der Waals surface area contributed by atoms with Gasteiger partial charge in [0.1, 0.15) is 5.75 Å². The fourth-order valence-electron chi connectivity index (χ4n) is 2.06. The number of methoxy groups -OCH3 is 1. The molecule has 3 nitrogen and oxygen atoms in total. The quantitative estimate of drug-likeness (QED) is 0.710. The summed E-state index contributed by atoms with van der Waals surface area (Å²) in [7, 11) is 1.71. The Morgan fingerprint density at radius 1 is 1.18 bits per heavy atom. The van der Waals surface area contributed by atoms with E-state index < -0.39 is 0 Å². The third-order valence-corrected chi connectivity index (χ3v) is 3.01. The van der Waals surface area contributed by atoms with Crippen molar-refractivity contribution >= 4 is 5.78 Å². The predicted octanol–water partition coefficient (Wildman–Crippen LogP) is 2.62. The number of unbranched alkanes of at least 4 members (excludes halogenated alkanes) is 1. The molecule has 0 fully saturated rings. The zero-order valence-electron chi connectivity index (χ0n) is 10.2. The van der Waals surface area contributed by atoms with Crippen LogP contribution in [0.1, 0.15) is 35.2 Å². The van der Waals surface area contributed by atoms with Crippen LogP contribution in [-0.2, 0) is 11.2 Å². The van der Waals surface area contributed by atoms with E-state index in [0.29, 0.717) is 13.0 Å². The minimum atomic E-state index is 0.256. The summed E-state index contributed by atoms with van der Waals surface area (Å²) in [5.74, 6) is 1.13. The lowest BCUT2D eigenvalue weighted by Crippen LogP contribution is -2.00. The van der Waals surface area contributed by atoms with Crippen molar-refractivity contribution in [2.45, 2.75) is 25.7 Å². The number of ether oxygens (including phenoxy) is 2. The van der Waals surface area contributed by atoms with Crippen LogP contribution in [0.5, 0.6) is 5.75 Å². The third kappa shape index (κ3) is 3.07. The normalized spacial score (nSPS) is 13.8. The van der Waals surface area contributed by atoms with Gasteiger partial charge in [0.15, 0.2) is 5.78 Å². The highest BCUT2D eigenvalue weighted by Gasteiger charge is 2.19. The molecule has 1 aliphatic rings. The van der Waals surface area contributed by atoms with Gasteiger partial charge in [0, 0.05) is 25.7 Å². The Morgan fingerprint density at radius 2 is 2.00 bits per heavy atom. The van der Waals surface area contributed by atoms with E-state index in [4.69, 9.17) is 9.47 Å². The van der Waals surface area contributed by atoms with E-state index in [1.807, 2.05) is 18.2 Å². The molecule has 0 radical (unpaired) electrons. The zero-order valence-corrected chi connectivity index (χ0v) is 10.2. The van der Waals surface area contributed by atoms with Gasteiger partial charge in [0.05, 0.1) is 6.61 Å². The molecule has 1 aliphatic carbocycles. The minimum Gasteiger partial charge on any atom is -0.494 e. The van der Waals surface area contributed by atoms with E-state index in [0.717, 1.165) is 42.7 Å². The van der Waals surface area contributed by atoms with Crippen LogP contribution in [0.4, 0.5) is 0 Å². The summed E-state index contributed by atoms with van der Waals surface area (Å²) in [5, 5.41) is 0. The number of carbonyl (C=O) groups excluding carboxylic acids is 1. The lowest BCUT2D eigenvalue weighted by atomic mass is 10.1. The first kappa shape index (κ1) is 12.1. The van der Waals surface area contributed by atoms with E-state index in [1.165, 1.54) is 0 Å². The number of aryl methyl sites for hydroxylation is 1. The molecule has 0 N–H and O–H groups in total. The van der Waals surface area contributed by atoms with Crippen LogP contribution < -0.4 is 4.74 Å². The van der Waals surface area contributed by atoms with Crippen molar-refractivity contribution in [2.75, 3.05) is 20.3 Å². The first-order valence-electron chi connectivity index (χ1n) is 6.09. The van der Waals surface area contributed by atoms with Gasteiger partial charge in [0.25, 0.3) is 0 Å².